The minimum absolute atomic E-state index is 0.237. The number of nitrogens with two attached hydrogens (primary N) is 1. The summed E-state index contributed by atoms with van der Waals surface area (Å²) in [5.41, 5.74) is 4.54. The lowest BCUT2D eigenvalue weighted by molar-refractivity contribution is -0.00391. The van der Waals surface area contributed by atoms with Crippen LogP contribution in [0, 0.1) is 5.92 Å². The molecule has 0 aromatic carbocycles. The van der Waals surface area contributed by atoms with Crippen molar-refractivity contribution in [1.29, 1.82) is 0 Å². The molecule has 72 valence electrons. The van der Waals surface area contributed by atoms with Gasteiger partial charge in [0.05, 0.1) is 11.7 Å². The van der Waals surface area contributed by atoms with E-state index >= 15 is 0 Å². The van der Waals surface area contributed by atoms with E-state index in [0.29, 0.717) is 12.3 Å². The number of aliphatic hydroxyl groups is 2. The van der Waals surface area contributed by atoms with Crippen LogP contribution in [0.3, 0.4) is 0 Å². The van der Waals surface area contributed by atoms with E-state index in [9.17, 15) is 10.2 Å². The summed E-state index contributed by atoms with van der Waals surface area (Å²) in [4.78, 5) is 0. The second-order valence-electron chi connectivity index (χ2n) is 4.24. The molecule has 0 radical (unpaired) electrons. The Labute approximate surface area is 73.6 Å². The molecule has 0 spiro atoms. The van der Waals surface area contributed by atoms with Crippen molar-refractivity contribution >= 4 is 0 Å². The topological polar surface area (TPSA) is 66.5 Å². The average molecular weight is 173 g/mol. The van der Waals surface area contributed by atoms with Crippen LogP contribution < -0.4 is 5.73 Å². The van der Waals surface area contributed by atoms with Gasteiger partial charge in [-0.3, -0.25) is 0 Å². The Morgan fingerprint density at radius 1 is 1.58 bits per heavy atom. The van der Waals surface area contributed by atoms with E-state index in [-0.39, 0.29) is 6.54 Å². The van der Waals surface area contributed by atoms with Gasteiger partial charge in [0.2, 0.25) is 0 Å². The van der Waals surface area contributed by atoms with Crippen molar-refractivity contribution in [2.24, 2.45) is 11.7 Å². The van der Waals surface area contributed by atoms with Gasteiger partial charge in [-0.05, 0) is 19.3 Å². The summed E-state index contributed by atoms with van der Waals surface area (Å²) in [6, 6.07) is 0. The third-order valence-corrected chi connectivity index (χ3v) is 2.37. The summed E-state index contributed by atoms with van der Waals surface area (Å²) in [6.07, 6.45) is 3.12. The summed E-state index contributed by atoms with van der Waals surface area (Å²) in [6.45, 7) is 2.02. The minimum atomic E-state index is -0.722. The average Bonchev–Trinajstić information content (AvgIpc) is 2.69. The highest BCUT2D eigenvalue weighted by Crippen LogP contribution is 2.37. The lowest BCUT2D eigenvalue weighted by Gasteiger charge is -2.25. The Hall–Kier alpha value is -0.120. The fraction of sp³-hybridized carbons (Fsp3) is 1.00. The zero-order chi connectivity index (χ0) is 9.19. The predicted molar refractivity (Wildman–Crippen MR) is 47.6 cm³/mol. The molecule has 1 rings (SSSR count). The van der Waals surface area contributed by atoms with Crippen LogP contribution in [-0.4, -0.2) is 28.5 Å². The Kier molecular flexibility index (Phi) is 3.09. The van der Waals surface area contributed by atoms with Crippen molar-refractivity contribution in [3.8, 4) is 0 Å². The van der Waals surface area contributed by atoms with Gasteiger partial charge in [-0.15, -0.1) is 0 Å². The highest BCUT2D eigenvalue weighted by atomic mass is 16.3. The Balaban J connectivity index is 2.25. The van der Waals surface area contributed by atoms with Gasteiger partial charge in [0, 0.05) is 13.0 Å². The quantitative estimate of drug-likeness (QED) is 0.558. The van der Waals surface area contributed by atoms with Crippen LogP contribution in [0.1, 0.15) is 32.6 Å². The zero-order valence-electron chi connectivity index (χ0n) is 7.66. The standard InChI is InChI=1S/C9H19NO2/c1-9(12,4-7-2-3-7)5-8(11)6-10/h7-8,11-12H,2-6,10H2,1H3/t8-,9-/m1/s1. The fourth-order valence-electron chi connectivity index (χ4n) is 1.62. The van der Waals surface area contributed by atoms with E-state index in [1.54, 1.807) is 6.92 Å². The normalized spacial score (nSPS) is 25.0. The molecule has 0 amide bonds. The predicted octanol–water partition coefficient (Wildman–Crippen LogP) is 0.247. The van der Waals surface area contributed by atoms with Crippen LogP contribution in [-0.2, 0) is 0 Å². The number of hydrogen-bond donors (Lipinski definition) is 3. The third-order valence-electron chi connectivity index (χ3n) is 2.37. The Morgan fingerprint density at radius 2 is 2.17 bits per heavy atom. The second-order valence-corrected chi connectivity index (χ2v) is 4.24. The van der Waals surface area contributed by atoms with Crippen LogP contribution in [0.25, 0.3) is 0 Å². The maximum atomic E-state index is 9.81. The Bertz CT molecular complexity index is 143. The molecular formula is C9H19NO2. The molecule has 1 fully saturated rings. The van der Waals surface area contributed by atoms with Gasteiger partial charge in [-0.2, -0.15) is 0 Å². The first-order chi connectivity index (χ1) is 5.53. The molecule has 0 bridgehead atoms. The first kappa shape index (κ1) is 9.96. The van der Waals surface area contributed by atoms with Crippen molar-refractivity contribution in [1.82, 2.24) is 0 Å². The molecule has 2 atom stereocenters. The van der Waals surface area contributed by atoms with Crippen molar-refractivity contribution in [2.75, 3.05) is 6.54 Å². The highest BCUT2D eigenvalue weighted by molar-refractivity contribution is 4.85. The van der Waals surface area contributed by atoms with E-state index in [1.807, 2.05) is 0 Å². The third kappa shape index (κ3) is 3.52. The van der Waals surface area contributed by atoms with Gasteiger partial charge in [0.1, 0.15) is 0 Å². The molecule has 0 heterocycles. The fourth-order valence-corrected chi connectivity index (χ4v) is 1.62. The van der Waals surface area contributed by atoms with Gasteiger partial charge in [0.25, 0.3) is 0 Å². The van der Waals surface area contributed by atoms with E-state index < -0.39 is 11.7 Å². The lowest BCUT2D eigenvalue weighted by atomic mass is 9.92. The molecule has 1 aliphatic rings. The molecule has 0 unspecified atom stereocenters. The van der Waals surface area contributed by atoms with Crippen molar-refractivity contribution in [2.45, 2.75) is 44.3 Å². The first-order valence-electron chi connectivity index (χ1n) is 4.64. The number of rotatable bonds is 5. The first-order valence-corrected chi connectivity index (χ1v) is 4.64. The molecule has 1 aliphatic carbocycles. The van der Waals surface area contributed by atoms with Crippen LogP contribution in [0.5, 0.6) is 0 Å². The van der Waals surface area contributed by atoms with Crippen LogP contribution in [0.4, 0.5) is 0 Å². The summed E-state index contributed by atoms with van der Waals surface area (Å²) in [7, 11) is 0. The largest absolute Gasteiger partial charge is 0.392 e. The van der Waals surface area contributed by atoms with Gasteiger partial charge >= 0.3 is 0 Å². The van der Waals surface area contributed by atoms with E-state index in [0.717, 1.165) is 6.42 Å². The summed E-state index contributed by atoms with van der Waals surface area (Å²) in [5, 5.41) is 19.1. The molecule has 0 saturated heterocycles. The van der Waals surface area contributed by atoms with Crippen LogP contribution in [0.15, 0.2) is 0 Å². The Morgan fingerprint density at radius 3 is 2.58 bits per heavy atom. The van der Waals surface area contributed by atoms with Crippen molar-refractivity contribution in [3.05, 3.63) is 0 Å². The smallest absolute Gasteiger partial charge is 0.0689 e. The lowest BCUT2D eigenvalue weighted by Crippen LogP contribution is -2.34. The molecule has 3 heteroatoms. The molecule has 12 heavy (non-hydrogen) atoms. The van der Waals surface area contributed by atoms with Gasteiger partial charge in [-0.25, -0.2) is 0 Å². The molecule has 0 aromatic heterocycles. The van der Waals surface area contributed by atoms with E-state index in [4.69, 9.17) is 5.73 Å². The minimum Gasteiger partial charge on any atom is -0.392 e. The molecular weight excluding hydrogens is 154 g/mol. The van der Waals surface area contributed by atoms with E-state index in [2.05, 4.69) is 0 Å². The summed E-state index contributed by atoms with van der Waals surface area (Å²) < 4.78 is 0. The summed E-state index contributed by atoms with van der Waals surface area (Å²) >= 11 is 0. The highest BCUT2D eigenvalue weighted by Gasteiger charge is 2.32. The van der Waals surface area contributed by atoms with Gasteiger partial charge in [-0.1, -0.05) is 12.8 Å². The summed E-state index contributed by atoms with van der Waals surface area (Å²) in [5.74, 6) is 0.685. The molecule has 0 aromatic rings. The van der Waals surface area contributed by atoms with Crippen molar-refractivity contribution in [3.63, 3.8) is 0 Å². The monoisotopic (exact) mass is 173 g/mol. The SMILES string of the molecule is C[C@@](O)(CC1CC1)C[C@@H](O)CN. The molecule has 3 nitrogen and oxygen atoms in total. The number of aliphatic hydroxyl groups excluding tert-OH is 1. The number of hydrogen-bond acceptors (Lipinski definition) is 3. The molecule has 4 N–H and O–H groups in total. The maximum absolute atomic E-state index is 9.81. The van der Waals surface area contributed by atoms with Gasteiger partial charge < -0.3 is 15.9 Å². The zero-order valence-corrected chi connectivity index (χ0v) is 7.66. The molecule has 1 saturated carbocycles. The molecule has 0 aliphatic heterocycles. The van der Waals surface area contributed by atoms with Gasteiger partial charge in [0.15, 0.2) is 0 Å². The second kappa shape index (κ2) is 3.73. The van der Waals surface area contributed by atoms with Crippen LogP contribution in [0.2, 0.25) is 0 Å². The van der Waals surface area contributed by atoms with Crippen molar-refractivity contribution < 1.29 is 10.2 Å². The van der Waals surface area contributed by atoms with Crippen LogP contribution >= 0.6 is 0 Å². The maximum Gasteiger partial charge on any atom is 0.0689 e. The van der Waals surface area contributed by atoms with E-state index in [1.165, 1.54) is 12.8 Å².